The quantitative estimate of drug-likeness (QED) is 0.430. The number of tetrazole rings is 1. The number of aromatic nitrogens is 4. The van der Waals surface area contributed by atoms with E-state index in [0.717, 1.165) is 27.6 Å². The number of benzene rings is 2. The summed E-state index contributed by atoms with van der Waals surface area (Å²) in [6.07, 6.45) is 1.62. The molecule has 5 rings (SSSR count). The standard InChI is InChI=1S/C24H21N5O2/c1-16-9-10-22-18(12-16)13-19(23-25-26-27-29(22)23)14-28(15-20-7-5-11-31-20)24(30)21-8-4-3-6-17(21)2/h3-13H,14-15H2,1-2H3. The van der Waals surface area contributed by atoms with E-state index in [1.54, 1.807) is 15.7 Å². The van der Waals surface area contributed by atoms with Gasteiger partial charge in [-0.15, -0.1) is 5.10 Å². The summed E-state index contributed by atoms with van der Waals surface area (Å²) in [5.74, 6) is 0.652. The Morgan fingerprint density at radius 2 is 1.90 bits per heavy atom. The highest BCUT2D eigenvalue weighted by Crippen LogP contribution is 2.23. The van der Waals surface area contributed by atoms with Crippen molar-refractivity contribution >= 4 is 22.5 Å². The first-order chi connectivity index (χ1) is 15.1. The molecule has 7 nitrogen and oxygen atoms in total. The Labute approximate surface area is 178 Å². The summed E-state index contributed by atoms with van der Waals surface area (Å²) in [4.78, 5) is 15.3. The van der Waals surface area contributed by atoms with E-state index in [-0.39, 0.29) is 5.91 Å². The van der Waals surface area contributed by atoms with E-state index < -0.39 is 0 Å². The van der Waals surface area contributed by atoms with Crippen LogP contribution in [0.5, 0.6) is 0 Å². The number of amides is 1. The van der Waals surface area contributed by atoms with Crippen LogP contribution in [-0.4, -0.2) is 30.8 Å². The van der Waals surface area contributed by atoms with Crippen molar-refractivity contribution in [3.63, 3.8) is 0 Å². The van der Waals surface area contributed by atoms with Gasteiger partial charge in [-0.2, -0.15) is 4.52 Å². The van der Waals surface area contributed by atoms with E-state index in [2.05, 4.69) is 27.7 Å². The van der Waals surface area contributed by atoms with Gasteiger partial charge in [-0.3, -0.25) is 4.79 Å². The van der Waals surface area contributed by atoms with Gasteiger partial charge in [0.15, 0.2) is 5.65 Å². The molecule has 0 aliphatic carbocycles. The second-order valence-electron chi connectivity index (χ2n) is 7.70. The second kappa shape index (κ2) is 7.68. The molecule has 5 aromatic rings. The van der Waals surface area contributed by atoms with Gasteiger partial charge in [0.05, 0.1) is 24.9 Å². The smallest absolute Gasteiger partial charge is 0.254 e. The number of carbonyl (C=O) groups excluding carboxylic acids is 1. The zero-order valence-corrected chi connectivity index (χ0v) is 17.3. The van der Waals surface area contributed by atoms with Crippen molar-refractivity contribution in [2.75, 3.05) is 0 Å². The number of hydrogen-bond donors (Lipinski definition) is 0. The van der Waals surface area contributed by atoms with E-state index in [1.165, 1.54) is 0 Å². The third-order valence-corrected chi connectivity index (χ3v) is 5.45. The van der Waals surface area contributed by atoms with Gasteiger partial charge in [-0.1, -0.05) is 29.8 Å². The van der Waals surface area contributed by atoms with Crippen LogP contribution < -0.4 is 0 Å². The summed E-state index contributed by atoms with van der Waals surface area (Å²) in [6.45, 7) is 4.69. The summed E-state index contributed by atoms with van der Waals surface area (Å²) in [7, 11) is 0. The molecule has 2 aromatic carbocycles. The molecular formula is C24H21N5O2. The minimum absolute atomic E-state index is 0.0653. The average Bonchev–Trinajstić information content (AvgIpc) is 3.45. The molecule has 0 radical (unpaired) electrons. The Morgan fingerprint density at radius 1 is 1.03 bits per heavy atom. The van der Waals surface area contributed by atoms with Gasteiger partial charge in [-0.25, -0.2) is 0 Å². The van der Waals surface area contributed by atoms with Crippen molar-refractivity contribution in [3.05, 3.63) is 94.9 Å². The summed E-state index contributed by atoms with van der Waals surface area (Å²) in [5, 5.41) is 13.3. The summed E-state index contributed by atoms with van der Waals surface area (Å²) < 4.78 is 7.27. The highest BCUT2D eigenvalue weighted by atomic mass is 16.3. The number of fused-ring (bicyclic) bond motifs is 3. The largest absolute Gasteiger partial charge is 0.467 e. The predicted molar refractivity (Wildman–Crippen MR) is 116 cm³/mol. The lowest BCUT2D eigenvalue weighted by Gasteiger charge is -2.23. The van der Waals surface area contributed by atoms with Crippen LogP contribution in [0.15, 0.2) is 71.3 Å². The SMILES string of the molecule is Cc1ccc2c(c1)cc(CN(Cc1ccco1)C(=O)c1ccccc1C)c1nnnn12. The normalized spacial score (nSPS) is 11.3. The van der Waals surface area contributed by atoms with E-state index >= 15 is 0 Å². The van der Waals surface area contributed by atoms with Gasteiger partial charge in [0.2, 0.25) is 0 Å². The molecule has 3 heterocycles. The van der Waals surface area contributed by atoms with E-state index in [4.69, 9.17) is 4.42 Å². The van der Waals surface area contributed by atoms with Crippen LogP contribution in [0, 0.1) is 13.8 Å². The van der Waals surface area contributed by atoms with Crippen LogP contribution >= 0.6 is 0 Å². The van der Waals surface area contributed by atoms with Crippen molar-refractivity contribution < 1.29 is 9.21 Å². The highest BCUT2D eigenvalue weighted by Gasteiger charge is 2.21. The first-order valence-electron chi connectivity index (χ1n) is 10.1. The number of hydrogen-bond acceptors (Lipinski definition) is 5. The third kappa shape index (κ3) is 3.54. The molecule has 0 bridgehead atoms. The van der Waals surface area contributed by atoms with E-state index in [9.17, 15) is 4.79 Å². The first kappa shape index (κ1) is 19.0. The lowest BCUT2D eigenvalue weighted by Crippen LogP contribution is -2.30. The van der Waals surface area contributed by atoms with Gasteiger partial charge in [0.1, 0.15) is 5.76 Å². The second-order valence-corrected chi connectivity index (χ2v) is 7.70. The molecule has 7 heteroatoms. The molecule has 0 atom stereocenters. The maximum Gasteiger partial charge on any atom is 0.254 e. The van der Waals surface area contributed by atoms with Crippen molar-refractivity contribution in [2.45, 2.75) is 26.9 Å². The fraction of sp³-hybridized carbons (Fsp3) is 0.167. The van der Waals surface area contributed by atoms with Gasteiger partial charge < -0.3 is 9.32 Å². The van der Waals surface area contributed by atoms with E-state index in [1.807, 2.05) is 62.4 Å². The molecule has 154 valence electrons. The molecule has 1 amide bonds. The lowest BCUT2D eigenvalue weighted by atomic mass is 10.1. The average molecular weight is 411 g/mol. The highest BCUT2D eigenvalue weighted by molar-refractivity contribution is 5.95. The number of rotatable bonds is 5. The summed E-state index contributed by atoms with van der Waals surface area (Å²) in [5.41, 5.74) is 5.18. The van der Waals surface area contributed by atoms with Gasteiger partial charge >= 0.3 is 0 Å². The Kier molecular flexibility index (Phi) is 4.71. The van der Waals surface area contributed by atoms with Gasteiger partial charge in [0.25, 0.3) is 5.91 Å². The van der Waals surface area contributed by atoms with Crippen LogP contribution in [0.25, 0.3) is 16.6 Å². The Morgan fingerprint density at radius 3 is 2.71 bits per heavy atom. The van der Waals surface area contributed by atoms with Crippen LogP contribution in [0.2, 0.25) is 0 Å². The Bertz CT molecular complexity index is 1390. The number of nitrogens with zero attached hydrogens (tertiary/aromatic N) is 5. The van der Waals surface area contributed by atoms with Crippen LogP contribution in [-0.2, 0) is 13.1 Å². The maximum absolute atomic E-state index is 13.5. The number of aryl methyl sites for hydroxylation is 2. The van der Waals surface area contributed by atoms with Crippen molar-refractivity contribution in [1.29, 1.82) is 0 Å². The maximum atomic E-state index is 13.5. The molecule has 0 saturated heterocycles. The van der Waals surface area contributed by atoms with E-state index in [0.29, 0.717) is 30.1 Å². The minimum atomic E-state index is -0.0653. The van der Waals surface area contributed by atoms with Gasteiger partial charge in [0, 0.05) is 16.5 Å². The summed E-state index contributed by atoms with van der Waals surface area (Å²) >= 11 is 0. The molecule has 0 spiro atoms. The minimum Gasteiger partial charge on any atom is -0.467 e. The van der Waals surface area contributed by atoms with Crippen molar-refractivity contribution in [3.8, 4) is 0 Å². The zero-order chi connectivity index (χ0) is 21.4. The van der Waals surface area contributed by atoms with Gasteiger partial charge in [-0.05, 0) is 66.2 Å². The lowest BCUT2D eigenvalue weighted by molar-refractivity contribution is 0.0717. The fourth-order valence-corrected chi connectivity index (χ4v) is 3.88. The predicted octanol–water partition coefficient (Wildman–Crippen LogP) is 4.33. The molecular weight excluding hydrogens is 390 g/mol. The molecule has 0 unspecified atom stereocenters. The van der Waals surface area contributed by atoms with Crippen LogP contribution in [0.4, 0.5) is 0 Å². The number of pyridine rings is 1. The molecule has 0 fully saturated rings. The van der Waals surface area contributed by atoms with Crippen LogP contribution in [0.1, 0.15) is 32.8 Å². The zero-order valence-electron chi connectivity index (χ0n) is 17.3. The first-order valence-corrected chi connectivity index (χ1v) is 10.1. The number of furan rings is 1. The molecule has 3 aromatic heterocycles. The molecule has 0 aliphatic heterocycles. The van der Waals surface area contributed by atoms with Crippen molar-refractivity contribution in [1.82, 2.24) is 24.9 Å². The number of carbonyl (C=O) groups is 1. The van der Waals surface area contributed by atoms with Crippen molar-refractivity contribution in [2.24, 2.45) is 0 Å². The monoisotopic (exact) mass is 411 g/mol. The molecule has 0 aliphatic rings. The summed E-state index contributed by atoms with van der Waals surface area (Å²) in [6, 6.07) is 19.5. The molecule has 0 saturated carbocycles. The van der Waals surface area contributed by atoms with Crippen LogP contribution in [0.3, 0.4) is 0 Å². The Hall–Kier alpha value is -4.00. The molecule has 0 N–H and O–H groups in total. The topological polar surface area (TPSA) is 76.5 Å². The Balaban J connectivity index is 1.60. The third-order valence-electron chi connectivity index (χ3n) is 5.45. The fourth-order valence-electron chi connectivity index (χ4n) is 3.88. The molecule has 31 heavy (non-hydrogen) atoms.